The summed E-state index contributed by atoms with van der Waals surface area (Å²) in [6, 6.07) is -1.01. The van der Waals surface area contributed by atoms with Crippen molar-refractivity contribution < 1.29 is 62.2 Å². The van der Waals surface area contributed by atoms with E-state index in [2.05, 4.69) is 31.9 Å². The predicted molar refractivity (Wildman–Crippen MR) is 274 cm³/mol. The molecule has 0 aliphatic carbocycles. The first-order valence-corrected chi connectivity index (χ1v) is 25.9. The molecule has 0 spiro atoms. The van der Waals surface area contributed by atoms with Crippen LogP contribution in [0.25, 0.3) is 0 Å². The number of carbonyl (C=O) groups is 11. The van der Waals surface area contributed by atoms with Crippen LogP contribution >= 0.6 is 0 Å². The number of fused-ring (bicyclic) bond motifs is 2. The zero-order valence-corrected chi connectivity index (χ0v) is 44.7. The van der Waals surface area contributed by atoms with E-state index in [0.717, 1.165) is 0 Å². The standard InChI is InChI=1S/C53H77N9O13/c1-10-13-18-31(6)45(65)60-43-33(8)75-53(73)39-21-17-24-61(39)52(72)36(22-23-41(54)63)56-49(69)42(30(5)11-2)59-46(66)35(12-3)55-48(68)40-25-29(4)27-62(40)51(71)32(7)44(64)37(26-34-19-15-14-16-20-34)57-47(67)38(28-74-9)58-50(43)70/h12,14-16,18-20,29-30,32-33,36-40,42-43H,10-11,13,17,21-28H2,1-9H3,(H2,54,63)(H,55,68)(H,56,69)(H,57,67)(H,58,70)(H,59,66)(H,60,65). The number of ketones is 1. The number of benzene rings is 1. The van der Waals surface area contributed by atoms with Crippen LogP contribution in [-0.2, 0) is 68.6 Å². The van der Waals surface area contributed by atoms with Crippen LogP contribution in [0.1, 0.15) is 112 Å². The molecule has 0 saturated carbocycles. The molecular weight excluding hydrogens is 971 g/mol. The van der Waals surface area contributed by atoms with Gasteiger partial charge in [-0.05, 0) is 83.6 Å². The summed E-state index contributed by atoms with van der Waals surface area (Å²) in [4.78, 5) is 157. The summed E-state index contributed by atoms with van der Waals surface area (Å²) >= 11 is 0. The monoisotopic (exact) mass is 1050 g/mol. The van der Waals surface area contributed by atoms with E-state index in [-0.39, 0.29) is 62.4 Å². The Labute approximate surface area is 438 Å². The van der Waals surface area contributed by atoms with Gasteiger partial charge in [-0.2, -0.15) is 0 Å². The number of hydrogen-bond acceptors (Lipinski definition) is 13. The van der Waals surface area contributed by atoms with E-state index in [4.69, 9.17) is 15.2 Å². The average Bonchev–Trinajstić information content (AvgIpc) is 4.05. The summed E-state index contributed by atoms with van der Waals surface area (Å²) in [5.74, 6) is -11.1. The lowest BCUT2D eigenvalue weighted by Crippen LogP contribution is -2.61. The van der Waals surface area contributed by atoms with E-state index >= 15 is 0 Å². The third kappa shape index (κ3) is 16.5. The number of nitrogens with two attached hydrogens (primary N) is 1. The number of nitrogens with one attached hydrogen (secondary N) is 6. The number of nitrogens with zero attached hydrogens (tertiary/aromatic N) is 2. The number of methoxy groups -OCH3 is 1. The Morgan fingerprint density at radius 3 is 2.16 bits per heavy atom. The number of hydrogen-bond donors (Lipinski definition) is 7. The molecule has 75 heavy (non-hydrogen) atoms. The van der Waals surface area contributed by atoms with Crippen molar-refractivity contribution in [2.75, 3.05) is 26.8 Å². The van der Waals surface area contributed by atoms with Gasteiger partial charge < -0.3 is 56.9 Å². The van der Waals surface area contributed by atoms with Crippen molar-refractivity contribution in [2.45, 2.75) is 162 Å². The zero-order valence-electron chi connectivity index (χ0n) is 44.7. The molecule has 3 saturated heterocycles. The van der Waals surface area contributed by atoms with Gasteiger partial charge in [0.25, 0.3) is 5.91 Å². The average molecular weight is 1050 g/mol. The predicted octanol–water partition coefficient (Wildman–Crippen LogP) is 0.756. The summed E-state index contributed by atoms with van der Waals surface area (Å²) in [7, 11) is 1.27. The van der Waals surface area contributed by atoms with Crippen molar-refractivity contribution in [2.24, 2.45) is 23.5 Å². The minimum Gasteiger partial charge on any atom is -0.458 e. The molecule has 412 valence electrons. The minimum atomic E-state index is -1.66. The van der Waals surface area contributed by atoms with Gasteiger partial charge >= 0.3 is 5.97 Å². The number of allylic oxidation sites excluding steroid dienone is 2. The molecule has 0 aromatic heterocycles. The highest BCUT2D eigenvalue weighted by atomic mass is 16.5. The fourth-order valence-electron chi connectivity index (χ4n) is 9.28. The number of rotatable bonds is 13. The number of Topliss-reactive ketones (excluding diaryl/α,β-unsaturated/α-hetero) is 1. The summed E-state index contributed by atoms with van der Waals surface area (Å²) in [5, 5.41) is 15.8. The van der Waals surface area contributed by atoms with Crippen LogP contribution in [0.15, 0.2) is 53.8 Å². The summed E-state index contributed by atoms with van der Waals surface area (Å²) < 4.78 is 11.2. The Morgan fingerprint density at radius 1 is 0.867 bits per heavy atom. The van der Waals surface area contributed by atoms with Gasteiger partial charge in [0.15, 0.2) is 5.78 Å². The molecule has 1 aromatic rings. The molecule has 3 fully saturated rings. The fourth-order valence-corrected chi connectivity index (χ4v) is 9.28. The third-order valence-corrected chi connectivity index (χ3v) is 13.9. The van der Waals surface area contributed by atoms with Crippen molar-refractivity contribution in [1.82, 2.24) is 41.7 Å². The van der Waals surface area contributed by atoms with Gasteiger partial charge in [-0.1, -0.05) is 83.0 Å². The molecule has 3 aliphatic rings. The first-order valence-electron chi connectivity index (χ1n) is 25.9. The first-order chi connectivity index (χ1) is 35.6. The second-order valence-corrected chi connectivity index (χ2v) is 19.8. The lowest BCUT2D eigenvalue weighted by atomic mass is 9.93. The van der Waals surface area contributed by atoms with Gasteiger partial charge in [0.1, 0.15) is 48.1 Å². The Hall–Kier alpha value is -6.97. The maximum Gasteiger partial charge on any atom is 0.329 e. The van der Waals surface area contributed by atoms with Crippen molar-refractivity contribution in [3.8, 4) is 0 Å². The van der Waals surface area contributed by atoms with E-state index in [1.165, 1.54) is 50.7 Å². The summed E-state index contributed by atoms with van der Waals surface area (Å²) in [6.45, 7) is 12.6. The second-order valence-electron chi connectivity index (χ2n) is 19.8. The molecule has 22 nitrogen and oxygen atoms in total. The lowest BCUT2D eigenvalue weighted by Gasteiger charge is -2.32. The molecule has 3 aliphatic heterocycles. The number of amides is 9. The summed E-state index contributed by atoms with van der Waals surface area (Å²) in [6.07, 6.45) is 2.99. The van der Waals surface area contributed by atoms with Gasteiger partial charge in [0.2, 0.25) is 47.3 Å². The Kier molecular flexibility index (Phi) is 23.1. The van der Waals surface area contributed by atoms with Gasteiger partial charge in [-0.25, -0.2) is 4.79 Å². The maximum atomic E-state index is 14.6. The van der Waals surface area contributed by atoms with E-state index in [1.54, 1.807) is 50.3 Å². The highest BCUT2D eigenvalue weighted by Crippen LogP contribution is 2.27. The number of cyclic esters (lactones) is 1. The van der Waals surface area contributed by atoms with Crippen molar-refractivity contribution in [1.29, 1.82) is 0 Å². The number of unbranched alkanes of at least 4 members (excludes halogenated alkanes) is 1. The SMILES string of the molecule is CC=C1NC(=O)C2CC(C)CN2C(=O)C(C)C(=O)C(Cc2ccccc2)NC(=O)C(COC)NC(=O)C(NC(=O)C(C)=CCCC)C(C)OC(=O)C2CCCN2C(=O)C(CCC(N)=O)NC(=O)C(C(C)CC)NC1=O. The maximum absolute atomic E-state index is 14.6. The topological polar surface area (TPSA) is 311 Å². The largest absolute Gasteiger partial charge is 0.458 e. The third-order valence-electron chi connectivity index (χ3n) is 13.9. The van der Waals surface area contributed by atoms with E-state index in [9.17, 15) is 52.7 Å². The van der Waals surface area contributed by atoms with Crippen LogP contribution in [0.2, 0.25) is 0 Å². The number of carbonyl (C=O) groups excluding carboxylic acids is 11. The first kappa shape index (κ1) is 60.6. The highest BCUT2D eigenvalue weighted by molar-refractivity contribution is 6.07. The second kappa shape index (κ2) is 28.6. The Bertz CT molecular complexity index is 2340. The van der Waals surface area contributed by atoms with Crippen LogP contribution in [0, 0.1) is 17.8 Å². The van der Waals surface area contributed by atoms with E-state index < -0.39 is 132 Å². The van der Waals surface area contributed by atoms with Crippen molar-refractivity contribution in [3.05, 3.63) is 59.3 Å². The molecule has 0 bridgehead atoms. The van der Waals surface area contributed by atoms with Crippen LogP contribution in [-0.4, -0.2) is 150 Å². The molecule has 0 radical (unpaired) electrons. The minimum absolute atomic E-state index is 0.0248. The van der Waals surface area contributed by atoms with Crippen LogP contribution in [0.3, 0.4) is 0 Å². The van der Waals surface area contributed by atoms with E-state index in [1.807, 2.05) is 13.8 Å². The Morgan fingerprint density at radius 2 is 1.53 bits per heavy atom. The number of ether oxygens (including phenoxy) is 2. The highest BCUT2D eigenvalue weighted by Gasteiger charge is 2.45. The normalized spacial score (nSPS) is 28.5. The molecule has 1 aromatic carbocycles. The molecule has 4 rings (SSSR count). The van der Waals surface area contributed by atoms with Crippen LogP contribution in [0.5, 0.6) is 0 Å². The quantitative estimate of drug-likeness (QED) is 0.0817. The lowest BCUT2D eigenvalue weighted by molar-refractivity contribution is -0.160. The Balaban J connectivity index is 1.85. The fraction of sp³-hybridized carbons (Fsp3) is 0.604. The number of primary amides is 1. The molecule has 11 atom stereocenters. The number of esters is 1. The molecule has 11 unspecified atom stereocenters. The van der Waals surface area contributed by atoms with Gasteiger partial charge in [-0.15, -0.1) is 0 Å². The molecule has 22 heteroatoms. The smallest absolute Gasteiger partial charge is 0.329 e. The zero-order chi connectivity index (χ0) is 55.7. The van der Waals surface area contributed by atoms with Crippen molar-refractivity contribution in [3.63, 3.8) is 0 Å². The molecule has 3 heterocycles. The van der Waals surface area contributed by atoms with E-state index in [0.29, 0.717) is 31.2 Å². The van der Waals surface area contributed by atoms with Crippen LogP contribution in [0.4, 0.5) is 0 Å². The van der Waals surface area contributed by atoms with Crippen LogP contribution < -0.4 is 37.6 Å². The van der Waals surface area contributed by atoms with Crippen molar-refractivity contribution >= 4 is 64.9 Å². The summed E-state index contributed by atoms with van der Waals surface area (Å²) in [5.41, 5.74) is 6.10. The van der Waals surface area contributed by atoms with Gasteiger partial charge in [-0.3, -0.25) is 47.9 Å². The van der Waals surface area contributed by atoms with Gasteiger partial charge in [0.05, 0.1) is 18.6 Å². The molecule has 8 N–H and O–H groups in total. The molecular formula is C53H77N9O13. The van der Waals surface area contributed by atoms with Gasteiger partial charge in [0, 0.05) is 32.2 Å². The molecule has 9 amide bonds.